The highest BCUT2D eigenvalue weighted by atomic mass is 16.3. The van der Waals surface area contributed by atoms with E-state index in [2.05, 4.69) is 21.7 Å². The van der Waals surface area contributed by atoms with Crippen molar-refractivity contribution < 1.29 is 9.52 Å². The molecule has 0 spiro atoms. The molecule has 0 bridgehead atoms. The molecule has 1 aromatic carbocycles. The van der Waals surface area contributed by atoms with Crippen LogP contribution in [0, 0.1) is 0 Å². The highest BCUT2D eigenvalue weighted by molar-refractivity contribution is 5.52. The minimum atomic E-state index is 0.250. The first-order chi connectivity index (χ1) is 11.3. The number of nitrogens with zero attached hydrogens (tertiary/aromatic N) is 3. The molecule has 1 unspecified atom stereocenters. The first-order valence-electron chi connectivity index (χ1n) is 8.37. The van der Waals surface area contributed by atoms with E-state index in [0.29, 0.717) is 11.9 Å². The van der Waals surface area contributed by atoms with Crippen LogP contribution in [0.15, 0.2) is 41.0 Å². The summed E-state index contributed by atoms with van der Waals surface area (Å²) < 4.78 is 5.61. The Morgan fingerprint density at radius 3 is 2.57 bits per heavy atom. The average molecular weight is 315 g/mol. The number of hydrogen-bond donors (Lipinski definition) is 1. The summed E-state index contributed by atoms with van der Waals surface area (Å²) in [4.78, 5) is 9.38. The van der Waals surface area contributed by atoms with Gasteiger partial charge in [-0.05, 0) is 18.6 Å². The lowest BCUT2D eigenvalue weighted by atomic mass is 10.1. The van der Waals surface area contributed by atoms with Gasteiger partial charge in [-0.1, -0.05) is 25.1 Å². The summed E-state index contributed by atoms with van der Waals surface area (Å²) in [6.07, 6.45) is 2.76. The Hall–Kier alpha value is -1.69. The second-order valence-electron chi connectivity index (χ2n) is 6.07. The fourth-order valence-electron chi connectivity index (χ4n) is 3.11. The van der Waals surface area contributed by atoms with Gasteiger partial charge >= 0.3 is 0 Å². The van der Waals surface area contributed by atoms with Crippen LogP contribution in [0.25, 0.3) is 11.5 Å². The number of oxazole rings is 1. The average Bonchev–Trinajstić information content (AvgIpc) is 3.07. The molecule has 3 rings (SSSR count). The first-order valence-corrected chi connectivity index (χ1v) is 8.37. The molecule has 0 amide bonds. The Bertz CT molecular complexity index is 587. The van der Waals surface area contributed by atoms with Gasteiger partial charge in [0, 0.05) is 44.3 Å². The van der Waals surface area contributed by atoms with Crippen molar-refractivity contribution >= 4 is 0 Å². The molecule has 1 saturated heterocycles. The second kappa shape index (κ2) is 7.73. The van der Waals surface area contributed by atoms with Crippen molar-refractivity contribution in [3.8, 4) is 11.5 Å². The van der Waals surface area contributed by atoms with Crippen molar-refractivity contribution in [3.05, 3.63) is 42.3 Å². The molecule has 2 heterocycles. The Balaban J connectivity index is 1.54. The maximum atomic E-state index is 9.41. The molecule has 0 saturated carbocycles. The molecule has 1 atom stereocenters. The van der Waals surface area contributed by atoms with Crippen molar-refractivity contribution in [2.75, 3.05) is 32.8 Å². The van der Waals surface area contributed by atoms with E-state index in [1.54, 1.807) is 6.26 Å². The molecular formula is C18H25N3O2. The number of rotatable bonds is 6. The predicted molar refractivity (Wildman–Crippen MR) is 90.0 cm³/mol. The minimum absolute atomic E-state index is 0.250. The number of aliphatic hydroxyl groups excluding tert-OH is 1. The van der Waals surface area contributed by atoms with E-state index in [4.69, 9.17) is 4.42 Å². The number of benzene rings is 1. The lowest BCUT2D eigenvalue weighted by Crippen LogP contribution is -2.50. The van der Waals surface area contributed by atoms with Crippen LogP contribution in [-0.4, -0.2) is 58.7 Å². The van der Waals surface area contributed by atoms with Crippen molar-refractivity contribution in [1.82, 2.24) is 14.8 Å². The van der Waals surface area contributed by atoms with Crippen LogP contribution in [0.2, 0.25) is 0 Å². The van der Waals surface area contributed by atoms with Crippen molar-refractivity contribution in [2.45, 2.75) is 25.9 Å². The van der Waals surface area contributed by atoms with Gasteiger partial charge < -0.3 is 9.52 Å². The molecule has 0 radical (unpaired) electrons. The van der Waals surface area contributed by atoms with Gasteiger partial charge in [0.05, 0.1) is 12.3 Å². The summed E-state index contributed by atoms with van der Waals surface area (Å²) in [7, 11) is 0. The Kier molecular flexibility index (Phi) is 5.43. The van der Waals surface area contributed by atoms with Crippen molar-refractivity contribution in [3.63, 3.8) is 0 Å². The van der Waals surface area contributed by atoms with Gasteiger partial charge in [0.1, 0.15) is 6.26 Å². The largest absolute Gasteiger partial charge is 0.444 e. The van der Waals surface area contributed by atoms with Crippen LogP contribution >= 0.6 is 0 Å². The van der Waals surface area contributed by atoms with Gasteiger partial charge in [0.25, 0.3) is 0 Å². The molecule has 5 heteroatoms. The quantitative estimate of drug-likeness (QED) is 0.886. The van der Waals surface area contributed by atoms with Gasteiger partial charge in [-0.25, -0.2) is 4.98 Å². The SMILES string of the molecule is CCC(CO)N1CCN(Cc2coc(-c3ccccc3)n2)CC1. The van der Waals surface area contributed by atoms with Crippen LogP contribution in [-0.2, 0) is 6.54 Å². The summed E-state index contributed by atoms with van der Waals surface area (Å²) in [5.74, 6) is 0.686. The van der Waals surface area contributed by atoms with E-state index >= 15 is 0 Å². The van der Waals surface area contributed by atoms with Gasteiger partial charge in [0.2, 0.25) is 5.89 Å². The van der Waals surface area contributed by atoms with Gasteiger partial charge in [-0.2, -0.15) is 0 Å². The topological polar surface area (TPSA) is 52.7 Å². The van der Waals surface area contributed by atoms with Gasteiger partial charge in [-0.15, -0.1) is 0 Å². The molecule has 23 heavy (non-hydrogen) atoms. The van der Waals surface area contributed by atoms with Crippen molar-refractivity contribution in [2.24, 2.45) is 0 Å². The summed E-state index contributed by atoms with van der Waals surface area (Å²) in [5, 5.41) is 9.41. The van der Waals surface area contributed by atoms with Crippen LogP contribution in [0.1, 0.15) is 19.0 Å². The third-order valence-corrected chi connectivity index (χ3v) is 4.56. The Morgan fingerprint density at radius 2 is 1.91 bits per heavy atom. The maximum Gasteiger partial charge on any atom is 0.226 e. The number of aliphatic hydroxyl groups is 1. The van der Waals surface area contributed by atoms with E-state index in [-0.39, 0.29) is 6.61 Å². The maximum absolute atomic E-state index is 9.41. The zero-order valence-electron chi connectivity index (χ0n) is 13.7. The van der Waals surface area contributed by atoms with E-state index in [9.17, 15) is 5.11 Å². The monoisotopic (exact) mass is 315 g/mol. The Morgan fingerprint density at radius 1 is 1.17 bits per heavy atom. The van der Waals surface area contributed by atoms with Crippen LogP contribution < -0.4 is 0 Å². The lowest BCUT2D eigenvalue weighted by molar-refractivity contribution is 0.0603. The van der Waals surface area contributed by atoms with Gasteiger partial charge in [-0.3, -0.25) is 9.80 Å². The number of aromatic nitrogens is 1. The van der Waals surface area contributed by atoms with E-state index in [0.717, 1.165) is 50.4 Å². The zero-order chi connectivity index (χ0) is 16.1. The van der Waals surface area contributed by atoms with E-state index in [1.165, 1.54) is 0 Å². The van der Waals surface area contributed by atoms with E-state index < -0.39 is 0 Å². The summed E-state index contributed by atoms with van der Waals surface area (Å²) >= 11 is 0. The highest BCUT2D eigenvalue weighted by Crippen LogP contribution is 2.19. The third-order valence-electron chi connectivity index (χ3n) is 4.56. The summed E-state index contributed by atoms with van der Waals surface area (Å²) in [6.45, 7) is 7.22. The predicted octanol–water partition coefficient (Wildman–Crippen LogP) is 2.23. The molecule has 1 fully saturated rings. The molecular weight excluding hydrogens is 290 g/mol. The fraction of sp³-hybridized carbons (Fsp3) is 0.500. The first kappa shape index (κ1) is 16.2. The molecule has 1 aliphatic rings. The highest BCUT2D eigenvalue weighted by Gasteiger charge is 2.22. The molecule has 0 aliphatic carbocycles. The van der Waals surface area contributed by atoms with Crippen molar-refractivity contribution in [1.29, 1.82) is 0 Å². The summed E-state index contributed by atoms with van der Waals surface area (Å²) in [6, 6.07) is 10.3. The van der Waals surface area contributed by atoms with Crippen LogP contribution in [0.3, 0.4) is 0 Å². The number of hydrogen-bond acceptors (Lipinski definition) is 5. The zero-order valence-corrected chi connectivity index (χ0v) is 13.7. The molecule has 1 aliphatic heterocycles. The Labute approximate surface area is 137 Å². The third kappa shape index (κ3) is 3.99. The smallest absolute Gasteiger partial charge is 0.226 e. The lowest BCUT2D eigenvalue weighted by Gasteiger charge is -2.38. The summed E-state index contributed by atoms with van der Waals surface area (Å²) in [5.41, 5.74) is 1.99. The second-order valence-corrected chi connectivity index (χ2v) is 6.07. The molecule has 2 aromatic rings. The molecule has 1 N–H and O–H groups in total. The normalized spacial score (nSPS) is 18.2. The fourth-order valence-corrected chi connectivity index (χ4v) is 3.11. The van der Waals surface area contributed by atoms with E-state index in [1.807, 2.05) is 30.3 Å². The molecule has 1 aromatic heterocycles. The standard InChI is InChI=1S/C18H25N3O2/c1-2-17(13-22)21-10-8-20(9-11-21)12-16-14-23-18(19-16)15-6-4-3-5-7-15/h3-7,14,17,22H,2,8-13H2,1H3. The molecule has 124 valence electrons. The number of piperazine rings is 1. The van der Waals surface area contributed by atoms with Gasteiger partial charge in [0.15, 0.2) is 0 Å². The van der Waals surface area contributed by atoms with Crippen LogP contribution in [0.4, 0.5) is 0 Å². The van der Waals surface area contributed by atoms with Crippen LogP contribution in [0.5, 0.6) is 0 Å². The minimum Gasteiger partial charge on any atom is -0.444 e. The molecule has 5 nitrogen and oxygen atoms in total.